The van der Waals surface area contributed by atoms with Crippen LogP contribution in [0.4, 0.5) is 0 Å². The average molecular weight is 302 g/mol. The van der Waals surface area contributed by atoms with Gasteiger partial charge in [-0.3, -0.25) is 10.3 Å². The molecule has 0 bridgehead atoms. The number of nitrogens with one attached hydrogen (secondary N) is 1. The van der Waals surface area contributed by atoms with E-state index in [4.69, 9.17) is 22.7 Å². The highest BCUT2D eigenvalue weighted by molar-refractivity contribution is 6.31. The van der Waals surface area contributed by atoms with Gasteiger partial charge in [0, 0.05) is 23.7 Å². The third kappa shape index (κ3) is 4.31. The maximum absolute atomic E-state index is 7.42. The summed E-state index contributed by atoms with van der Waals surface area (Å²) in [6.45, 7) is 3.72. The first kappa shape index (κ1) is 15.5. The fourth-order valence-corrected chi connectivity index (χ4v) is 2.55. The van der Waals surface area contributed by atoms with E-state index in [0.717, 1.165) is 18.7 Å². The van der Waals surface area contributed by atoms with Crippen LogP contribution in [0.15, 0.2) is 42.5 Å². The van der Waals surface area contributed by atoms with Gasteiger partial charge in [-0.2, -0.15) is 0 Å². The number of nitrogens with two attached hydrogens (primary N) is 1. The summed E-state index contributed by atoms with van der Waals surface area (Å²) < 4.78 is 0. The van der Waals surface area contributed by atoms with Crippen molar-refractivity contribution in [3.8, 4) is 0 Å². The highest BCUT2D eigenvalue weighted by Crippen LogP contribution is 2.20. The number of aryl methyl sites for hydroxylation is 1. The average Bonchev–Trinajstić information content (AvgIpc) is 2.40. The Labute approximate surface area is 130 Å². The van der Waals surface area contributed by atoms with Crippen LogP contribution < -0.4 is 5.73 Å². The summed E-state index contributed by atoms with van der Waals surface area (Å²) in [5.74, 6) is 0.0385. The van der Waals surface area contributed by atoms with E-state index in [1.165, 1.54) is 11.1 Å². The maximum atomic E-state index is 7.42. The zero-order valence-electron chi connectivity index (χ0n) is 12.4. The molecule has 0 saturated heterocycles. The first-order valence-corrected chi connectivity index (χ1v) is 7.20. The van der Waals surface area contributed by atoms with E-state index in [1.54, 1.807) is 6.07 Å². The Balaban J connectivity index is 2.06. The van der Waals surface area contributed by atoms with E-state index >= 15 is 0 Å². The molecule has 3 N–H and O–H groups in total. The highest BCUT2D eigenvalue weighted by atomic mass is 35.5. The normalized spacial score (nSPS) is 10.9. The largest absolute Gasteiger partial charge is 0.384 e. The Morgan fingerprint density at radius 1 is 1.19 bits per heavy atom. The molecule has 4 heteroatoms. The van der Waals surface area contributed by atoms with Crippen molar-refractivity contribution in [1.82, 2.24) is 4.90 Å². The molecule has 0 heterocycles. The molecule has 0 atom stereocenters. The van der Waals surface area contributed by atoms with Crippen molar-refractivity contribution >= 4 is 17.4 Å². The van der Waals surface area contributed by atoms with Crippen LogP contribution in [-0.2, 0) is 13.1 Å². The third-order valence-electron chi connectivity index (χ3n) is 3.34. The van der Waals surface area contributed by atoms with Crippen LogP contribution in [0, 0.1) is 12.3 Å². The fourth-order valence-electron chi connectivity index (χ4n) is 2.31. The predicted octanol–water partition coefficient (Wildman–Crippen LogP) is 3.56. The zero-order chi connectivity index (χ0) is 15.4. The van der Waals surface area contributed by atoms with Gasteiger partial charge in [0.1, 0.15) is 5.84 Å². The van der Waals surface area contributed by atoms with Crippen molar-refractivity contribution in [3.63, 3.8) is 0 Å². The molecule has 0 aromatic heterocycles. The Morgan fingerprint density at radius 2 is 1.95 bits per heavy atom. The van der Waals surface area contributed by atoms with Crippen molar-refractivity contribution in [2.45, 2.75) is 20.0 Å². The molecular formula is C17H20ClN3. The monoisotopic (exact) mass is 301 g/mol. The van der Waals surface area contributed by atoms with Gasteiger partial charge in [-0.15, -0.1) is 0 Å². The molecule has 2 aromatic rings. The number of nitrogen functional groups attached to an aromatic ring is 1. The van der Waals surface area contributed by atoms with E-state index in [0.29, 0.717) is 10.6 Å². The molecule has 2 rings (SSSR count). The number of benzene rings is 2. The first-order chi connectivity index (χ1) is 9.95. The van der Waals surface area contributed by atoms with Crippen LogP contribution in [-0.4, -0.2) is 17.8 Å². The summed E-state index contributed by atoms with van der Waals surface area (Å²) in [4.78, 5) is 2.21. The minimum absolute atomic E-state index is 0.0385. The Bertz CT molecular complexity index is 652. The molecule has 2 aromatic carbocycles. The van der Waals surface area contributed by atoms with Crippen LogP contribution >= 0.6 is 11.6 Å². The minimum Gasteiger partial charge on any atom is -0.384 e. The Morgan fingerprint density at radius 3 is 2.57 bits per heavy atom. The van der Waals surface area contributed by atoms with Crippen molar-refractivity contribution in [2.24, 2.45) is 5.73 Å². The van der Waals surface area contributed by atoms with Gasteiger partial charge in [0.2, 0.25) is 0 Å². The van der Waals surface area contributed by atoms with Crippen molar-refractivity contribution in [2.75, 3.05) is 7.05 Å². The SMILES string of the molecule is Cc1cccc(CN(C)Cc2ccc(C(=N)N)cc2Cl)c1. The molecule has 3 nitrogen and oxygen atoms in total. The van der Waals surface area contributed by atoms with Gasteiger partial charge in [-0.25, -0.2) is 0 Å². The van der Waals surface area contributed by atoms with Gasteiger partial charge in [0.25, 0.3) is 0 Å². The second kappa shape index (κ2) is 6.74. The van der Waals surface area contributed by atoms with Crippen molar-refractivity contribution in [1.29, 1.82) is 5.41 Å². The number of rotatable bonds is 5. The summed E-state index contributed by atoms with van der Waals surface area (Å²) >= 11 is 6.27. The lowest BCUT2D eigenvalue weighted by atomic mass is 10.1. The number of hydrogen-bond acceptors (Lipinski definition) is 2. The molecule has 21 heavy (non-hydrogen) atoms. The molecule has 0 aliphatic heterocycles. The minimum atomic E-state index is 0.0385. The van der Waals surface area contributed by atoms with Gasteiger partial charge < -0.3 is 5.73 Å². The first-order valence-electron chi connectivity index (χ1n) is 6.82. The number of nitrogens with zero attached hydrogens (tertiary/aromatic N) is 1. The second-order valence-corrected chi connectivity index (χ2v) is 5.79. The van der Waals surface area contributed by atoms with Gasteiger partial charge >= 0.3 is 0 Å². The number of halogens is 1. The van der Waals surface area contributed by atoms with Crippen LogP contribution in [0.3, 0.4) is 0 Å². The van der Waals surface area contributed by atoms with Gasteiger partial charge in [-0.1, -0.05) is 53.6 Å². The van der Waals surface area contributed by atoms with Gasteiger partial charge in [0.05, 0.1) is 0 Å². The number of hydrogen-bond donors (Lipinski definition) is 2. The van der Waals surface area contributed by atoms with E-state index in [1.807, 2.05) is 12.1 Å². The van der Waals surface area contributed by atoms with Crippen molar-refractivity contribution < 1.29 is 0 Å². The van der Waals surface area contributed by atoms with Gasteiger partial charge in [0.15, 0.2) is 0 Å². The fraction of sp³-hybridized carbons (Fsp3) is 0.235. The molecule has 0 aliphatic carbocycles. The van der Waals surface area contributed by atoms with Crippen LogP contribution in [0.2, 0.25) is 5.02 Å². The molecule has 0 spiro atoms. The molecule has 110 valence electrons. The lowest BCUT2D eigenvalue weighted by Gasteiger charge is -2.18. The molecule has 0 radical (unpaired) electrons. The summed E-state index contributed by atoms with van der Waals surface area (Å²) in [7, 11) is 2.07. The predicted molar refractivity (Wildman–Crippen MR) is 88.8 cm³/mol. The van der Waals surface area contributed by atoms with Crippen molar-refractivity contribution in [3.05, 3.63) is 69.7 Å². The van der Waals surface area contributed by atoms with E-state index in [9.17, 15) is 0 Å². The zero-order valence-corrected chi connectivity index (χ0v) is 13.1. The lowest BCUT2D eigenvalue weighted by Crippen LogP contribution is -2.18. The molecule has 0 aliphatic rings. The summed E-state index contributed by atoms with van der Waals surface area (Å²) in [6, 6.07) is 14.0. The Hall–Kier alpha value is -1.84. The second-order valence-electron chi connectivity index (χ2n) is 5.38. The smallest absolute Gasteiger partial charge is 0.122 e. The molecule has 0 fully saturated rings. The third-order valence-corrected chi connectivity index (χ3v) is 3.69. The Kier molecular flexibility index (Phi) is 4.99. The standard InChI is InChI=1S/C17H20ClN3/c1-12-4-3-5-13(8-12)10-21(2)11-15-7-6-14(17(19)20)9-16(15)18/h3-9H,10-11H2,1-2H3,(H3,19,20). The summed E-state index contributed by atoms with van der Waals surface area (Å²) in [5, 5.41) is 8.07. The van der Waals surface area contributed by atoms with E-state index in [2.05, 4.69) is 43.1 Å². The summed E-state index contributed by atoms with van der Waals surface area (Å²) in [6.07, 6.45) is 0. The summed E-state index contributed by atoms with van der Waals surface area (Å²) in [5.41, 5.74) is 9.72. The highest BCUT2D eigenvalue weighted by Gasteiger charge is 2.07. The van der Waals surface area contributed by atoms with E-state index < -0.39 is 0 Å². The topological polar surface area (TPSA) is 53.1 Å². The molecule has 0 unspecified atom stereocenters. The molecular weight excluding hydrogens is 282 g/mol. The van der Waals surface area contributed by atoms with Crippen LogP contribution in [0.25, 0.3) is 0 Å². The molecule has 0 saturated carbocycles. The quantitative estimate of drug-likeness (QED) is 0.655. The van der Waals surface area contributed by atoms with Gasteiger partial charge in [-0.05, 0) is 31.2 Å². The maximum Gasteiger partial charge on any atom is 0.122 e. The molecule has 0 amide bonds. The number of amidine groups is 1. The van der Waals surface area contributed by atoms with Crippen LogP contribution in [0.5, 0.6) is 0 Å². The van der Waals surface area contributed by atoms with Crippen LogP contribution in [0.1, 0.15) is 22.3 Å². The lowest BCUT2D eigenvalue weighted by molar-refractivity contribution is 0.319. The van der Waals surface area contributed by atoms with E-state index in [-0.39, 0.29) is 5.84 Å².